The van der Waals surface area contributed by atoms with Crippen LogP contribution in [0.2, 0.25) is 0 Å². The van der Waals surface area contributed by atoms with E-state index in [9.17, 15) is 0 Å². The molecule has 0 aromatic heterocycles. The second-order valence-corrected chi connectivity index (χ2v) is 5.03. The summed E-state index contributed by atoms with van der Waals surface area (Å²) in [6.07, 6.45) is 9.16. The van der Waals surface area contributed by atoms with Gasteiger partial charge in [-0.3, -0.25) is 0 Å². The molecule has 0 spiro atoms. The predicted molar refractivity (Wildman–Crippen MR) is 74.0 cm³/mol. The maximum absolute atomic E-state index is 2.41. The van der Waals surface area contributed by atoms with Crippen LogP contribution < -0.4 is 0 Å². The molecule has 2 aromatic carbocycles. The van der Waals surface area contributed by atoms with E-state index >= 15 is 0 Å². The molecule has 0 fully saturated rings. The van der Waals surface area contributed by atoms with Gasteiger partial charge in [0.15, 0.2) is 0 Å². The molecule has 0 heterocycles. The Morgan fingerprint density at radius 3 is 2.82 bits per heavy atom. The summed E-state index contributed by atoms with van der Waals surface area (Å²) >= 11 is 0. The average Bonchev–Trinajstić information content (AvgIpc) is 2.38. The third kappa shape index (κ3) is 1.13. The van der Waals surface area contributed by atoms with Crippen LogP contribution in [0.3, 0.4) is 0 Å². The van der Waals surface area contributed by atoms with Crippen molar-refractivity contribution in [2.75, 3.05) is 0 Å². The molecule has 0 bridgehead atoms. The van der Waals surface area contributed by atoms with Crippen LogP contribution in [0.25, 0.3) is 22.4 Å². The topological polar surface area (TPSA) is 0 Å². The number of aryl methyl sites for hydroxylation is 1. The van der Waals surface area contributed by atoms with E-state index in [1.165, 1.54) is 38.6 Å². The maximum Gasteiger partial charge on any atom is -0.00647 e. The Morgan fingerprint density at radius 1 is 1.00 bits per heavy atom. The van der Waals surface area contributed by atoms with E-state index in [1.54, 1.807) is 0 Å². The molecule has 2 aliphatic carbocycles. The highest BCUT2D eigenvalue weighted by atomic mass is 14.2. The van der Waals surface area contributed by atoms with Crippen molar-refractivity contribution in [1.29, 1.82) is 0 Å². The fraction of sp³-hybridized carbons (Fsp3) is 0.176. The van der Waals surface area contributed by atoms with Gasteiger partial charge in [-0.2, -0.15) is 0 Å². The van der Waals surface area contributed by atoms with Gasteiger partial charge >= 0.3 is 0 Å². The molecule has 0 amide bonds. The van der Waals surface area contributed by atoms with E-state index in [0.29, 0.717) is 0 Å². The maximum atomic E-state index is 2.41. The smallest absolute Gasteiger partial charge is 0.00647 e. The molecule has 0 unspecified atom stereocenters. The van der Waals surface area contributed by atoms with Crippen LogP contribution in [0.5, 0.6) is 0 Å². The van der Waals surface area contributed by atoms with E-state index < -0.39 is 0 Å². The highest BCUT2D eigenvalue weighted by Gasteiger charge is 2.19. The highest BCUT2D eigenvalue weighted by Crippen LogP contribution is 2.40. The molecule has 82 valence electrons. The summed E-state index contributed by atoms with van der Waals surface area (Å²) in [6, 6.07) is 9.03. The second-order valence-electron chi connectivity index (χ2n) is 5.03. The number of hydrogen-bond acceptors (Lipinski definition) is 0. The monoisotopic (exact) mass is 218 g/mol. The average molecular weight is 218 g/mol. The molecule has 0 atom stereocenters. The van der Waals surface area contributed by atoms with Crippen LogP contribution in [0.1, 0.15) is 28.7 Å². The van der Waals surface area contributed by atoms with E-state index in [1.807, 2.05) is 0 Å². The molecule has 0 saturated heterocycles. The molecule has 0 heteroatoms. The van der Waals surface area contributed by atoms with Crippen LogP contribution in [-0.4, -0.2) is 0 Å². The summed E-state index contributed by atoms with van der Waals surface area (Å²) in [4.78, 5) is 0. The van der Waals surface area contributed by atoms with Gasteiger partial charge in [-0.25, -0.2) is 0 Å². The van der Waals surface area contributed by atoms with Crippen LogP contribution >= 0.6 is 0 Å². The molecule has 0 aliphatic heterocycles. The summed E-state index contributed by atoms with van der Waals surface area (Å²) in [6.45, 7) is 2.23. The first-order chi connectivity index (χ1) is 8.34. The summed E-state index contributed by atoms with van der Waals surface area (Å²) in [7, 11) is 0. The summed E-state index contributed by atoms with van der Waals surface area (Å²) in [5.41, 5.74) is 7.36. The van der Waals surface area contributed by atoms with Crippen molar-refractivity contribution in [2.24, 2.45) is 0 Å². The Hall–Kier alpha value is -1.82. The van der Waals surface area contributed by atoms with Gasteiger partial charge in [0.05, 0.1) is 0 Å². The van der Waals surface area contributed by atoms with Crippen molar-refractivity contribution in [2.45, 2.75) is 19.8 Å². The number of allylic oxidation sites excluding steroid dienone is 3. The van der Waals surface area contributed by atoms with Crippen molar-refractivity contribution in [3.05, 3.63) is 58.7 Å². The normalized spacial score (nSPS) is 16.2. The Balaban J connectivity index is 2.27. The molecule has 2 aromatic rings. The van der Waals surface area contributed by atoms with Gasteiger partial charge < -0.3 is 0 Å². The zero-order chi connectivity index (χ0) is 11.4. The summed E-state index contributed by atoms with van der Waals surface area (Å²) in [5.74, 6) is 0. The first-order valence-electron chi connectivity index (χ1n) is 6.26. The largest absolute Gasteiger partial charge is 0.0795 e. The van der Waals surface area contributed by atoms with E-state index in [4.69, 9.17) is 0 Å². The van der Waals surface area contributed by atoms with Crippen molar-refractivity contribution in [1.82, 2.24) is 0 Å². The summed E-state index contributed by atoms with van der Waals surface area (Å²) in [5, 5.41) is 2.90. The van der Waals surface area contributed by atoms with Crippen molar-refractivity contribution >= 4 is 22.4 Å². The van der Waals surface area contributed by atoms with Crippen LogP contribution in [-0.2, 0) is 6.42 Å². The first kappa shape index (κ1) is 9.23. The first-order valence-corrected chi connectivity index (χ1v) is 6.26. The quantitative estimate of drug-likeness (QED) is 0.610. The van der Waals surface area contributed by atoms with Gasteiger partial charge in [-0.05, 0) is 58.4 Å². The Morgan fingerprint density at radius 2 is 1.88 bits per heavy atom. The van der Waals surface area contributed by atoms with E-state index in [2.05, 4.69) is 49.4 Å². The Bertz CT molecular complexity index is 700. The van der Waals surface area contributed by atoms with Gasteiger partial charge in [-0.15, -0.1) is 0 Å². The molecule has 17 heavy (non-hydrogen) atoms. The number of benzene rings is 2. The molecular weight excluding hydrogens is 204 g/mol. The zero-order valence-corrected chi connectivity index (χ0v) is 9.96. The Kier molecular flexibility index (Phi) is 1.69. The lowest BCUT2D eigenvalue weighted by Crippen LogP contribution is -2.04. The molecule has 2 aliphatic rings. The van der Waals surface area contributed by atoms with E-state index in [0.717, 1.165) is 12.8 Å². The lowest BCUT2D eigenvalue weighted by molar-refractivity contribution is 1.19. The van der Waals surface area contributed by atoms with Gasteiger partial charge in [0.25, 0.3) is 0 Å². The molecule has 0 nitrogen and oxygen atoms in total. The molecule has 0 N–H and O–H groups in total. The van der Waals surface area contributed by atoms with Crippen LogP contribution in [0.15, 0.2) is 36.4 Å². The third-order valence-corrected chi connectivity index (χ3v) is 4.07. The van der Waals surface area contributed by atoms with Gasteiger partial charge in [0.1, 0.15) is 0 Å². The molecule has 0 saturated carbocycles. The molecule has 4 rings (SSSR count). The minimum absolute atomic E-state index is 1.10. The van der Waals surface area contributed by atoms with Gasteiger partial charge in [0, 0.05) is 0 Å². The van der Waals surface area contributed by atoms with Crippen molar-refractivity contribution < 1.29 is 0 Å². The van der Waals surface area contributed by atoms with Gasteiger partial charge in [0.2, 0.25) is 0 Å². The van der Waals surface area contributed by atoms with Crippen molar-refractivity contribution in [3.63, 3.8) is 0 Å². The Labute approximate surface area is 101 Å². The van der Waals surface area contributed by atoms with Gasteiger partial charge in [-0.1, -0.05) is 42.5 Å². The minimum atomic E-state index is 1.10. The van der Waals surface area contributed by atoms with Crippen LogP contribution in [0.4, 0.5) is 0 Å². The minimum Gasteiger partial charge on any atom is -0.0795 e. The SMILES string of the molecule is Cc1ccc2ccc3c4c2c1CC=C4CC=C3. The number of hydrogen-bond donors (Lipinski definition) is 0. The van der Waals surface area contributed by atoms with Crippen LogP contribution in [0, 0.1) is 6.92 Å². The lowest BCUT2D eigenvalue weighted by atomic mass is 9.80. The zero-order valence-electron chi connectivity index (χ0n) is 9.96. The van der Waals surface area contributed by atoms with Crippen molar-refractivity contribution in [3.8, 4) is 0 Å². The fourth-order valence-corrected chi connectivity index (χ4v) is 3.18. The molecule has 0 radical (unpaired) electrons. The second kappa shape index (κ2) is 3.10. The number of rotatable bonds is 0. The predicted octanol–water partition coefficient (Wildman–Crippen LogP) is 4.50. The fourth-order valence-electron chi connectivity index (χ4n) is 3.18. The lowest BCUT2D eigenvalue weighted by Gasteiger charge is -2.24. The third-order valence-electron chi connectivity index (χ3n) is 4.07. The molecular formula is C17H14. The highest BCUT2D eigenvalue weighted by molar-refractivity contribution is 6.03. The standard InChI is InChI=1S/C17H14/c1-11-5-6-14-8-7-12-3-2-4-13-9-10-15(11)17(14)16(12)13/h2-3,5-9H,4,10H2,1H3. The summed E-state index contributed by atoms with van der Waals surface area (Å²) < 4.78 is 0. The van der Waals surface area contributed by atoms with E-state index in [-0.39, 0.29) is 0 Å².